The molecule has 4 nitrogen and oxygen atoms in total. The molecule has 1 aliphatic rings. The molecule has 0 unspecified atom stereocenters. The summed E-state index contributed by atoms with van der Waals surface area (Å²) >= 11 is 0. The Morgan fingerprint density at radius 3 is 2.46 bits per heavy atom. The van der Waals surface area contributed by atoms with Crippen LogP contribution in [0, 0.1) is 0 Å². The number of carbonyl (C=O) groups is 1. The van der Waals surface area contributed by atoms with Crippen molar-refractivity contribution >= 4 is 5.91 Å². The maximum absolute atomic E-state index is 11.1. The third kappa shape index (κ3) is 3.32. The molecular weight excluding hydrogens is 166 g/mol. The SMILES string of the molecule is CNC(=O)CN1C[C@@H](C)N[C@@H](C)C1. The number of nitrogens with one attached hydrogen (secondary N) is 2. The third-order valence-electron chi connectivity index (χ3n) is 2.28. The van der Waals surface area contributed by atoms with Gasteiger partial charge in [-0.2, -0.15) is 0 Å². The highest BCUT2D eigenvalue weighted by molar-refractivity contribution is 5.77. The Labute approximate surface area is 79.7 Å². The smallest absolute Gasteiger partial charge is 0.233 e. The number of nitrogens with zero attached hydrogens (tertiary/aromatic N) is 1. The number of rotatable bonds is 2. The molecule has 1 rings (SSSR count). The first-order valence-corrected chi connectivity index (χ1v) is 4.80. The van der Waals surface area contributed by atoms with Crippen molar-refractivity contribution in [1.29, 1.82) is 0 Å². The number of carbonyl (C=O) groups excluding carboxylic acids is 1. The minimum Gasteiger partial charge on any atom is -0.358 e. The molecule has 0 aromatic carbocycles. The third-order valence-corrected chi connectivity index (χ3v) is 2.28. The van der Waals surface area contributed by atoms with Gasteiger partial charge in [0.2, 0.25) is 5.91 Å². The van der Waals surface area contributed by atoms with Crippen LogP contribution in [0.3, 0.4) is 0 Å². The van der Waals surface area contributed by atoms with Gasteiger partial charge in [-0.3, -0.25) is 9.69 Å². The lowest BCUT2D eigenvalue weighted by Gasteiger charge is -2.35. The van der Waals surface area contributed by atoms with Gasteiger partial charge >= 0.3 is 0 Å². The van der Waals surface area contributed by atoms with E-state index in [0.29, 0.717) is 18.6 Å². The molecule has 1 amide bonds. The zero-order valence-corrected chi connectivity index (χ0v) is 8.63. The molecule has 1 fully saturated rings. The molecule has 13 heavy (non-hydrogen) atoms. The van der Waals surface area contributed by atoms with Gasteiger partial charge in [-0.1, -0.05) is 0 Å². The Bertz CT molecular complexity index is 174. The van der Waals surface area contributed by atoms with E-state index >= 15 is 0 Å². The van der Waals surface area contributed by atoms with E-state index in [-0.39, 0.29) is 5.91 Å². The average molecular weight is 185 g/mol. The lowest BCUT2D eigenvalue weighted by Crippen LogP contribution is -2.55. The Morgan fingerprint density at radius 2 is 2.00 bits per heavy atom. The Hall–Kier alpha value is -0.610. The largest absolute Gasteiger partial charge is 0.358 e. The van der Waals surface area contributed by atoms with Crippen molar-refractivity contribution in [2.45, 2.75) is 25.9 Å². The molecule has 4 heteroatoms. The first-order chi connectivity index (χ1) is 6.11. The highest BCUT2D eigenvalue weighted by Crippen LogP contribution is 2.02. The van der Waals surface area contributed by atoms with Gasteiger partial charge in [-0.15, -0.1) is 0 Å². The van der Waals surface area contributed by atoms with Crippen LogP contribution in [0.1, 0.15) is 13.8 Å². The Kier molecular flexibility index (Phi) is 3.69. The van der Waals surface area contributed by atoms with E-state index < -0.39 is 0 Å². The predicted molar refractivity (Wildman–Crippen MR) is 52.6 cm³/mol. The molecular formula is C9H19N3O. The fourth-order valence-corrected chi connectivity index (χ4v) is 1.85. The zero-order valence-electron chi connectivity index (χ0n) is 8.63. The molecule has 1 saturated heterocycles. The molecule has 76 valence electrons. The quantitative estimate of drug-likeness (QED) is 0.604. The molecule has 0 saturated carbocycles. The molecule has 0 spiro atoms. The zero-order chi connectivity index (χ0) is 9.84. The van der Waals surface area contributed by atoms with Gasteiger partial charge in [0.1, 0.15) is 0 Å². The van der Waals surface area contributed by atoms with Crippen molar-refractivity contribution in [2.24, 2.45) is 0 Å². The van der Waals surface area contributed by atoms with Gasteiger partial charge in [0, 0.05) is 32.2 Å². The van der Waals surface area contributed by atoms with Crippen molar-refractivity contribution in [3.05, 3.63) is 0 Å². The number of hydrogen-bond donors (Lipinski definition) is 2. The fourth-order valence-electron chi connectivity index (χ4n) is 1.85. The highest BCUT2D eigenvalue weighted by atomic mass is 16.1. The van der Waals surface area contributed by atoms with E-state index in [4.69, 9.17) is 0 Å². The second-order valence-electron chi connectivity index (χ2n) is 3.84. The van der Waals surface area contributed by atoms with E-state index in [1.807, 2.05) is 0 Å². The summed E-state index contributed by atoms with van der Waals surface area (Å²) < 4.78 is 0. The molecule has 1 aliphatic heterocycles. The Balaban J connectivity index is 2.37. The van der Waals surface area contributed by atoms with Crippen LogP contribution in [-0.4, -0.2) is 49.6 Å². The summed E-state index contributed by atoms with van der Waals surface area (Å²) in [6.45, 7) is 6.72. The number of likely N-dealkylation sites (N-methyl/N-ethyl adjacent to an activating group) is 1. The first-order valence-electron chi connectivity index (χ1n) is 4.80. The standard InChI is InChI=1S/C9H19N3O/c1-7-4-12(5-8(2)11-7)6-9(13)10-3/h7-8,11H,4-6H2,1-3H3,(H,10,13)/t7-,8+. The maximum Gasteiger partial charge on any atom is 0.233 e. The van der Waals surface area contributed by atoms with Crippen LogP contribution in [0.25, 0.3) is 0 Å². The predicted octanol–water partition coefficient (Wildman–Crippen LogP) is -0.585. The molecule has 0 bridgehead atoms. The van der Waals surface area contributed by atoms with Crippen LogP contribution < -0.4 is 10.6 Å². The summed E-state index contributed by atoms with van der Waals surface area (Å²) in [4.78, 5) is 13.3. The number of piperazine rings is 1. The van der Waals surface area contributed by atoms with Crippen molar-refractivity contribution in [3.8, 4) is 0 Å². The summed E-state index contributed by atoms with van der Waals surface area (Å²) in [6.07, 6.45) is 0. The summed E-state index contributed by atoms with van der Waals surface area (Å²) in [5.74, 6) is 0.0984. The lowest BCUT2D eigenvalue weighted by molar-refractivity contribution is -0.122. The van der Waals surface area contributed by atoms with E-state index in [1.165, 1.54) is 0 Å². The van der Waals surface area contributed by atoms with Gasteiger partial charge in [0.15, 0.2) is 0 Å². The topological polar surface area (TPSA) is 44.4 Å². The fraction of sp³-hybridized carbons (Fsp3) is 0.889. The second-order valence-corrected chi connectivity index (χ2v) is 3.84. The summed E-state index contributed by atoms with van der Waals surface area (Å²) in [7, 11) is 1.68. The van der Waals surface area contributed by atoms with Crippen LogP contribution in [0.15, 0.2) is 0 Å². The van der Waals surface area contributed by atoms with Crippen LogP contribution >= 0.6 is 0 Å². The van der Waals surface area contributed by atoms with Crippen molar-refractivity contribution in [2.75, 3.05) is 26.7 Å². The number of amides is 1. The van der Waals surface area contributed by atoms with E-state index in [1.54, 1.807) is 7.05 Å². The molecule has 2 N–H and O–H groups in total. The van der Waals surface area contributed by atoms with E-state index in [0.717, 1.165) is 13.1 Å². The van der Waals surface area contributed by atoms with Crippen molar-refractivity contribution in [3.63, 3.8) is 0 Å². The maximum atomic E-state index is 11.1. The van der Waals surface area contributed by atoms with Gasteiger partial charge in [-0.25, -0.2) is 0 Å². The average Bonchev–Trinajstić information content (AvgIpc) is 2.02. The normalized spacial score (nSPS) is 30.1. The summed E-state index contributed by atoms with van der Waals surface area (Å²) in [6, 6.07) is 0.960. The van der Waals surface area contributed by atoms with Gasteiger partial charge < -0.3 is 10.6 Å². The Morgan fingerprint density at radius 1 is 1.46 bits per heavy atom. The van der Waals surface area contributed by atoms with Gasteiger partial charge in [0.05, 0.1) is 6.54 Å². The van der Waals surface area contributed by atoms with Crippen molar-refractivity contribution in [1.82, 2.24) is 15.5 Å². The molecule has 0 aliphatic carbocycles. The second kappa shape index (κ2) is 4.58. The van der Waals surface area contributed by atoms with Crippen molar-refractivity contribution < 1.29 is 4.79 Å². The van der Waals surface area contributed by atoms with Gasteiger partial charge in [0.25, 0.3) is 0 Å². The van der Waals surface area contributed by atoms with Crippen LogP contribution in [-0.2, 0) is 4.79 Å². The molecule has 2 atom stereocenters. The monoisotopic (exact) mass is 185 g/mol. The summed E-state index contributed by atoms with van der Waals surface area (Å²) in [5, 5.41) is 6.07. The minimum atomic E-state index is 0.0984. The molecule has 0 radical (unpaired) electrons. The van der Waals surface area contributed by atoms with E-state index in [9.17, 15) is 4.79 Å². The minimum absolute atomic E-state index is 0.0984. The van der Waals surface area contributed by atoms with Crippen LogP contribution in [0.2, 0.25) is 0 Å². The summed E-state index contributed by atoms with van der Waals surface area (Å²) in [5.41, 5.74) is 0. The molecule has 0 aromatic rings. The van der Waals surface area contributed by atoms with Crippen LogP contribution in [0.5, 0.6) is 0 Å². The first kappa shape index (κ1) is 10.5. The molecule has 1 heterocycles. The van der Waals surface area contributed by atoms with Crippen LogP contribution in [0.4, 0.5) is 0 Å². The highest BCUT2D eigenvalue weighted by Gasteiger charge is 2.21. The number of hydrogen-bond acceptors (Lipinski definition) is 3. The van der Waals surface area contributed by atoms with E-state index in [2.05, 4.69) is 29.4 Å². The lowest BCUT2D eigenvalue weighted by atomic mass is 10.1. The molecule has 0 aromatic heterocycles. The van der Waals surface area contributed by atoms with Gasteiger partial charge in [-0.05, 0) is 13.8 Å².